The molecule has 7 nitrogen and oxygen atoms in total. The number of hydrogen-bond acceptors (Lipinski definition) is 7. The maximum Gasteiger partial charge on any atom is 0.343 e. The van der Waals surface area contributed by atoms with Crippen LogP contribution in [0.1, 0.15) is 48.5 Å². The average Bonchev–Trinajstić information content (AvgIpc) is 2.89. The molecule has 0 bridgehead atoms. The molecule has 37 heavy (non-hydrogen) atoms. The Morgan fingerprint density at radius 3 is 2.30 bits per heavy atom. The summed E-state index contributed by atoms with van der Waals surface area (Å²) in [6.07, 6.45) is 7.83. The molecule has 0 spiro atoms. The SMILES string of the molecule is C=CCOC(=O)C=Cc1ccc(OC(=O)c2ccc(OCCCCCCOC(=O)C(=C)C)cc2)c(Cl)c1. The number of halogens is 1. The zero-order chi connectivity index (χ0) is 27.0. The molecule has 0 amide bonds. The molecular formula is C29H31ClO7. The number of carbonyl (C=O) groups is 3. The van der Waals surface area contributed by atoms with Crippen molar-refractivity contribution in [2.24, 2.45) is 0 Å². The first-order chi connectivity index (χ1) is 17.8. The highest BCUT2D eigenvalue weighted by atomic mass is 35.5. The van der Waals surface area contributed by atoms with Crippen LogP contribution in [0.25, 0.3) is 6.08 Å². The molecule has 8 heteroatoms. The van der Waals surface area contributed by atoms with E-state index < -0.39 is 11.9 Å². The number of hydrogen-bond donors (Lipinski definition) is 0. The van der Waals surface area contributed by atoms with Crippen molar-refractivity contribution in [3.63, 3.8) is 0 Å². The van der Waals surface area contributed by atoms with Gasteiger partial charge < -0.3 is 18.9 Å². The summed E-state index contributed by atoms with van der Waals surface area (Å²) in [6, 6.07) is 11.4. The van der Waals surface area contributed by atoms with E-state index in [4.69, 9.17) is 30.5 Å². The molecule has 0 saturated heterocycles. The van der Waals surface area contributed by atoms with Crippen molar-refractivity contribution in [3.05, 3.63) is 89.5 Å². The van der Waals surface area contributed by atoms with Gasteiger partial charge in [0.15, 0.2) is 0 Å². The quantitative estimate of drug-likeness (QED) is 0.0876. The standard InChI is InChI=1S/C29H31ClO7/c1-4-17-35-27(31)16-10-22-9-15-26(25(30)20-22)37-29(33)23-11-13-24(14-12-23)34-18-7-5-6-8-19-36-28(32)21(2)3/h4,9-16,20H,1-2,5-8,17-19H2,3H3. The van der Waals surface area contributed by atoms with E-state index in [2.05, 4.69) is 13.2 Å². The van der Waals surface area contributed by atoms with E-state index in [1.807, 2.05) is 0 Å². The molecule has 0 aliphatic carbocycles. The van der Waals surface area contributed by atoms with E-state index in [1.54, 1.807) is 55.5 Å². The van der Waals surface area contributed by atoms with Crippen molar-refractivity contribution >= 4 is 35.6 Å². The summed E-state index contributed by atoms with van der Waals surface area (Å²) in [5.41, 5.74) is 1.40. The second-order valence-electron chi connectivity index (χ2n) is 8.03. The zero-order valence-electron chi connectivity index (χ0n) is 20.9. The van der Waals surface area contributed by atoms with Crippen LogP contribution in [-0.2, 0) is 19.1 Å². The topological polar surface area (TPSA) is 88.1 Å². The molecule has 0 aliphatic rings. The van der Waals surface area contributed by atoms with Crippen molar-refractivity contribution in [2.75, 3.05) is 19.8 Å². The Kier molecular flexibility index (Phi) is 12.7. The van der Waals surface area contributed by atoms with Crippen LogP contribution < -0.4 is 9.47 Å². The van der Waals surface area contributed by atoms with Crippen LogP contribution in [0, 0.1) is 0 Å². The average molecular weight is 527 g/mol. The molecule has 0 heterocycles. The minimum absolute atomic E-state index is 0.129. The summed E-state index contributed by atoms with van der Waals surface area (Å²) in [5, 5.41) is 0.226. The maximum absolute atomic E-state index is 12.5. The molecule has 2 aromatic rings. The van der Waals surface area contributed by atoms with Crippen molar-refractivity contribution in [3.8, 4) is 11.5 Å². The number of benzene rings is 2. The van der Waals surface area contributed by atoms with E-state index in [0.717, 1.165) is 25.7 Å². The van der Waals surface area contributed by atoms with Gasteiger partial charge in [0, 0.05) is 11.6 Å². The van der Waals surface area contributed by atoms with Gasteiger partial charge in [-0.15, -0.1) is 0 Å². The third-order valence-electron chi connectivity index (χ3n) is 4.89. The van der Waals surface area contributed by atoms with Gasteiger partial charge in [-0.3, -0.25) is 0 Å². The Bertz CT molecular complexity index is 1120. The van der Waals surface area contributed by atoms with Gasteiger partial charge in [-0.1, -0.05) is 36.9 Å². The lowest BCUT2D eigenvalue weighted by Gasteiger charge is -2.09. The lowest BCUT2D eigenvalue weighted by atomic mass is 10.2. The summed E-state index contributed by atoms with van der Waals surface area (Å²) >= 11 is 6.24. The Morgan fingerprint density at radius 2 is 1.65 bits per heavy atom. The van der Waals surface area contributed by atoms with E-state index in [9.17, 15) is 14.4 Å². The van der Waals surface area contributed by atoms with Gasteiger partial charge in [-0.25, -0.2) is 14.4 Å². The first-order valence-corrected chi connectivity index (χ1v) is 12.2. The lowest BCUT2D eigenvalue weighted by Crippen LogP contribution is -2.09. The van der Waals surface area contributed by atoms with Crippen molar-refractivity contribution in [2.45, 2.75) is 32.6 Å². The van der Waals surface area contributed by atoms with Crippen LogP contribution in [0.4, 0.5) is 0 Å². The van der Waals surface area contributed by atoms with Gasteiger partial charge in [0.25, 0.3) is 0 Å². The Labute approximate surface area is 222 Å². The fourth-order valence-electron chi connectivity index (χ4n) is 2.94. The Balaban J connectivity index is 1.74. The molecule has 0 atom stereocenters. The normalized spacial score (nSPS) is 10.5. The molecular weight excluding hydrogens is 496 g/mol. The highest BCUT2D eigenvalue weighted by Gasteiger charge is 2.12. The minimum atomic E-state index is -0.558. The van der Waals surface area contributed by atoms with E-state index in [-0.39, 0.29) is 23.3 Å². The number of rotatable bonds is 15. The zero-order valence-corrected chi connectivity index (χ0v) is 21.6. The van der Waals surface area contributed by atoms with Gasteiger partial charge >= 0.3 is 17.9 Å². The number of ether oxygens (including phenoxy) is 4. The fourth-order valence-corrected chi connectivity index (χ4v) is 3.17. The van der Waals surface area contributed by atoms with Crippen LogP contribution in [0.2, 0.25) is 5.02 Å². The van der Waals surface area contributed by atoms with Gasteiger partial charge in [-0.05, 0) is 80.6 Å². The summed E-state index contributed by atoms with van der Waals surface area (Å²) in [7, 11) is 0. The third-order valence-corrected chi connectivity index (χ3v) is 5.19. The van der Waals surface area contributed by atoms with Crippen molar-refractivity contribution in [1.82, 2.24) is 0 Å². The van der Waals surface area contributed by atoms with Crippen molar-refractivity contribution < 1.29 is 33.3 Å². The second kappa shape index (κ2) is 16.0. The predicted molar refractivity (Wildman–Crippen MR) is 143 cm³/mol. The third kappa shape index (κ3) is 11.2. The molecule has 0 fully saturated rings. The molecule has 0 radical (unpaired) electrons. The molecule has 0 aliphatic heterocycles. The molecule has 0 N–H and O–H groups in total. The summed E-state index contributed by atoms with van der Waals surface area (Å²) < 4.78 is 21.0. The molecule has 0 aromatic heterocycles. The van der Waals surface area contributed by atoms with Crippen molar-refractivity contribution in [1.29, 1.82) is 0 Å². The van der Waals surface area contributed by atoms with Gasteiger partial charge in [0.2, 0.25) is 0 Å². The largest absolute Gasteiger partial charge is 0.494 e. The monoisotopic (exact) mass is 526 g/mol. The summed E-state index contributed by atoms with van der Waals surface area (Å²) in [6.45, 7) is 9.70. The van der Waals surface area contributed by atoms with E-state index in [0.29, 0.717) is 35.7 Å². The molecule has 0 unspecified atom stereocenters. The molecule has 0 saturated carbocycles. The first kappa shape index (κ1) is 29.4. The highest BCUT2D eigenvalue weighted by Crippen LogP contribution is 2.27. The van der Waals surface area contributed by atoms with Crippen LogP contribution in [-0.4, -0.2) is 37.7 Å². The first-order valence-electron chi connectivity index (χ1n) is 11.8. The number of carbonyl (C=O) groups excluding carboxylic acids is 3. The number of unbranched alkanes of at least 4 members (excludes halogenated alkanes) is 3. The van der Waals surface area contributed by atoms with E-state index >= 15 is 0 Å². The fraction of sp³-hybridized carbons (Fsp3) is 0.276. The summed E-state index contributed by atoms with van der Waals surface area (Å²) in [5.74, 6) is -0.569. The highest BCUT2D eigenvalue weighted by molar-refractivity contribution is 6.32. The molecule has 2 rings (SSSR count). The second-order valence-corrected chi connectivity index (χ2v) is 8.44. The summed E-state index contributed by atoms with van der Waals surface area (Å²) in [4.78, 5) is 35.3. The van der Waals surface area contributed by atoms with Gasteiger partial charge in [0.05, 0.1) is 23.8 Å². The van der Waals surface area contributed by atoms with Crippen LogP contribution in [0.3, 0.4) is 0 Å². The van der Waals surface area contributed by atoms with Crippen LogP contribution >= 0.6 is 11.6 Å². The Morgan fingerprint density at radius 1 is 0.946 bits per heavy atom. The van der Waals surface area contributed by atoms with Gasteiger partial charge in [0.1, 0.15) is 18.1 Å². The smallest absolute Gasteiger partial charge is 0.343 e. The maximum atomic E-state index is 12.5. The molecule has 2 aromatic carbocycles. The van der Waals surface area contributed by atoms with E-state index in [1.165, 1.54) is 12.2 Å². The predicted octanol–water partition coefficient (Wildman–Crippen LogP) is 6.36. The van der Waals surface area contributed by atoms with Gasteiger partial charge in [-0.2, -0.15) is 0 Å². The van der Waals surface area contributed by atoms with Crippen LogP contribution in [0.5, 0.6) is 11.5 Å². The van der Waals surface area contributed by atoms with Crippen LogP contribution in [0.15, 0.2) is 73.3 Å². The minimum Gasteiger partial charge on any atom is -0.494 e. The Hall–Kier alpha value is -3.84. The lowest BCUT2D eigenvalue weighted by molar-refractivity contribution is -0.139. The number of esters is 3. The molecule has 196 valence electrons.